The van der Waals surface area contributed by atoms with Gasteiger partial charge >= 0.3 is 5.97 Å². The van der Waals surface area contributed by atoms with E-state index in [-0.39, 0.29) is 23.9 Å². The van der Waals surface area contributed by atoms with Crippen LogP contribution in [0, 0.1) is 11.8 Å². The summed E-state index contributed by atoms with van der Waals surface area (Å²) in [6, 6.07) is 0.514. The predicted molar refractivity (Wildman–Crippen MR) is 72.7 cm³/mol. The summed E-state index contributed by atoms with van der Waals surface area (Å²) in [5, 5.41) is 9.32. The summed E-state index contributed by atoms with van der Waals surface area (Å²) in [5.41, 5.74) is 0. The van der Waals surface area contributed by atoms with Crippen molar-refractivity contribution in [3.8, 4) is 0 Å². The molecule has 0 radical (unpaired) electrons. The van der Waals surface area contributed by atoms with Crippen LogP contribution in [-0.2, 0) is 9.59 Å². The van der Waals surface area contributed by atoms with E-state index in [1.807, 2.05) is 4.90 Å². The van der Waals surface area contributed by atoms with E-state index in [4.69, 9.17) is 0 Å². The van der Waals surface area contributed by atoms with Crippen LogP contribution in [0.3, 0.4) is 0 Å². The molecule has 1 N–H and O–H groups in total. The minimum atomic E-state index is -0.796. The molecule has 4 nitrogen and oxygen atoms in total. The van der Waals surface area contributed by atoms with Crippen LogP contribution in [0.5, 0.6) is 0 Å². The van der Waals surface area contributed by atoms with Crippen molar-refractivity contribution in [3.05, 3.63) is 0 Å². The molecule has 0 spiro atoms. The Kier molecular flexibility index (Phi) is 4.48. The molecular weight excluding hydrogens is 242 g/mol. The molecule has 1 aliphatic carbocycles. The topological polar surface area (TPSA) is 57.6 Å². The van der Waals surface area contributed by atoms with E-state index in [1.165, 1.54) is 6.42 Å². The van der Waals surface area contributed by atoms with Crippen LogP contribution in [0.1, 0.15) is 58.8 Å². The van der Waals surface area contributed by atoms with Gasteiger partial charge in [-0.25, -0.2) is 0 Å². The summed E-state index contributed by atoms with van der Waals surface area (Å²) in [6.07, 6.45) is 6.57. The van der Waals surface area contributed by atoms with Gasteiger partial charge in [0.15, 0.2) is 0 Å². The van der Waals surface area contributed by atoms with E-state index >= 15 is 0 Å². The molecule has 0 bridgehead atoms. The molecule has 0 aromatic rings. The maximum atomic E-state index is 12.8. The summed E-state index contributed by atoms with van der Waals surface area (Å²) in [7, 11) is 0. The minimum Gasteiger partial charge on any atom is -0.481 e. The molecule has 0 aromatic carbocycles. The number of likely N-dealkylation sites (tertiary alicyclic amines) is 1. The van der Waals surface area contributed by atoms with Crippen molar-refractivity contribution < 1.29 is 14.7 Å². The fourth-order valence-corrected chi connectivity index (χ4v) is 3.77. The van der Waals surface area contributed by atoms with Gasteiger partial charge in [0.1, 0.15) is 0 Å². The maximum Gasteiger partial charge on any atom is 0.307 e. The molecule has 4 atom stereocenters. The number of piperidine rings is 1. The van der Waals surface area contributed by atoms with Gasteiger partial charge in [-0.15, -0.1) is 0 Å². The molecule has 1 amide bonds. The number of hydrogen-bond donors (Lipinski definition) is 1. The van der Waals surface area contributed by atoms with Crippen LogP contribution in [0.25, 0.3) is 0 Å². The Balaban J connectivity index is 2.14. The van der Waals surface area contributed by atoms with Gasteiger partial charge in [0.25, 0.3) is 0 Å². The summed E-state index contributed by atoms with van der Waals surface area (Å²) >= 11 is 0. The van der Waals surface area contributed by atoms with E-state index in [0.717, 1.165) is 32.1 Å². The predicted octanol–water partition coefficient (Wildman–Crippen LogP) is 2.67. The first-order chi connectivity index (χ1) is 9.02. The number of aliphatic carboxylic acids is 1. The lowest BCUT2D eigenvalue weighted by Crippen LogP contribution is -2.52. The maximum absolute atomic E-state index is 12.8. The molecule has 0 aromatic heterocycles. The standard InChI is InChI=1S/C15H25NO3/c1-10-6-5-7-11(2)16(10)14(17)12-8-3-4-9-13(12)15(18)19/h10-13H,3-9H2,1-2H3,(H,18,19)/t10-,11-,12-,13-/m0/s1. The second-order valence-electron chi connectivity index (χ2n) is 6.21. The van der Waals surface area contributed by atoms with Crippen molar-refractivity contribution in [3.63, 3.8) is 0 Å². The number of carboxylic acid groups (broad SMARTS) is 1. The SMILES string of the molecule is C[C@H]1CCC[C@H](C)N1C(=O)[C@H]1CCCC[C@@H]1C(=O)O. The van der Waals surface area contributed by atoms with Crippen molar-refractivity contribution in [1.82, 2.24) is 4.90 Å². The third-order valence-electron chi connectivity index (χ3n) is 4.85. The highest BCUT2D eigenvalue weighted by Crippen LogP contribution is 2.34. The van der Waals surface area contributed by atoms with Crippen LogP contribution in [0.15, 0.2) is 0 Å². The first-order valence-electron chi connectivity index (χ1n) is 7.57. The van der Waals surface area contributed by atoms with Gasteiger partial charge in [0.05, 0.1) is 11.8 Å². The largest absolute Gasteiger partial charge is 0.481 e. The smallest absolute Gasteiger partial charge is 0.307 e. The van der Waals surface area contributed by atoms with Crippen LogP contribution in [0.4, 0.5) is 0 Å². The van der Waals surface area contributed by atoms with E-state index in [0.29, 0.717) is 6.42 Å². The molecule has 1 saturated carbocycles. The van der Waals surface area contributed by atoms with Gasteiger partial charge in [-0.05, 0) is 46.0 Å². The number of carbonyl (C=O) groups excluding carboxylic acids is 1. The molecule has 0 unspecified atom stereocenters. The van der Waals surface area contributed by atoms with E-state index in [1.54, 1.807) is 0 Å². The molecule has 2 rings (SSSR count). The number of nitrogens with zero attached hydrogens (tertiary/aromatic N) is 1. The average molecular weight is 267 g/mol. The monoisotopic (exact) mass is 267 g/mol. The highest BCUT2D eigenvalue weighted by atomic mass is 16.4. The van der Waals surface area contributed by atoms with Gasteiger partial charge in [-0.2, -0.15) is 0 Å². The zero-order valence-electron chi connectivity index (χ0n) is 12.0. The second kappa shape index (κ2) is 5.93. The van der Waals surface area contributed by atoms with Crippen LogP contribution >= 0.6 is 0 Å². The highest BCUT2D eigenvalue weighted by molar-refractivity contribution is 5.85. The lowest BCUT2D eigenvalue weighted by Gasteiger charge is -2.42. The van der Waals surface area contributed by atoms with Gasteiger partial charge in [0, 0.05) is 12.1 Å². The number of rotatable bonds is 2. The Labute approximate surface area is 115 Å². The normalized spacial score (nSPS) is 36.0. The molecule has 4 heteroatoms. The lowest BCUT2D eigenvalue weighted by molar-refractivity contribution is -0.155. The molecule has 1 heterocycles. The molecule has 19 heavy (non-hydrogen) atoms. The first-order valence-corrected chi connectivity index (χ1v) is 7.57. The minimum absolute atomic E-state index is 0.0896. The van der Waals surface area contributed by atoms with Crippen molar-refractivity contribution >= 4 is 11.9 Å². The van der Waals surface area contributed by atoms with Gasteiger partial charge in [0.2, 0.25) is 5.91 Å². The van der Waals surface area contributed by atoms with Crippen molar-refractivity contribution in [2.45, 2.75) is 70.9 Å². The van der Waals surface area contributed by atoms with E-state index in [9.17, 15) is 14.7 Å². The zero-order valence-corrected chi connectivity index (χ0v) is 12.0. The van der Waals surface area contributed by atoms with Gasteiger partial charge in [-0.3, -0.25) is 9.59 Å². The van der Waals surface area contributed by atoms with Crippen LogP contribution < -0.4 is 0 Å². The van der Waals surface area contributed by atoms with Crippen molar-refractivity contribution in [1.29, 1.82) is 0 Å². The molecule has 1 aliphatic heterocycles. The molecule has 2 aliphatic rings. The molecule has 108 valence electrons. The fraction of sp³-hybridized carbons (Fsp3) is 0.867. The number of carboxylic acids is 1. The number of carbonyl (C=O) groups is 2. The summed E-state index contributed by atoms with van der Waals surface area (Å²) in [6.45, 7) is 4.18. The van der Waals surface area contributed by atoms with Crippen LogP contribution in [-0.4, -0.2) is 34.0 Å². The van der Waals surface area contributed by atoms with Gasteiger partial charge < -0.3 is 10.0 Å². The van der Waals surface area contributed by atoms with E-state index in [2.05, 4.69) is 13.8 Å². The zero-order chi connectivity index (χ0) is 14.0. The Morgan fingerprint density at radius 2 is 1.42 bits per heavy atom. The lowest BCUT2D eigenvalue weighted by atomic mass is 9.77. The molecular formula is C15H25NO3. The Morgan fingerprint density at radius 1 is 0.895 bits per heavy atom. The quantitative estimate of drug-likeness (QED) is 0.836. The highest BCUT2D eigenvalue weighted by Gasteiger charge is 2.40. The molecule has 2 fully saturated rings. The summed E-state index contributed by atoms with van der Waals surface area (Å²) in [5.74, 6) is -1.47. The van der Waals surface area contributed by atoms with Crippen LogP contribution in [0.2, 0.25) is 0 Å². The summed E-state index contributed by atoms with van der Waals surface area (Å²) < 4.78 is 0. The summed E-state index contributed by atoms with van der Waals surface area (Å²) in [4.78, 5) is 26.1. The second-order valence-corrected chi connectivity index (χ2v) is 6.21. The van der Waals surface area contributed by atoms with Gasteiger partial charge in [-0.1, -0.05) is 12.8 Å². The van der Waals surface area contributed by atoms with Crippen molar-refractivity contribution in [2.24, 2.45) is 11.8 Å². The van der Waals surface area contributed by atoms with E-state index < -0.39 is 11.9 Å². The fourth-order valence-electron chi connectivity index (χ4n) is 3.77. The molecule has 1 saturated heterocycles. The third-order valence-corrected chi connectivity index (χ3v) is 4.85. The Bertz CT molecular complexity index is 345. The van der Waals surface area contributed by atoms with Crippen molar-refractivity contribution in [2.75, 3.05) is 0 Å². The first kappa shape index (κ1) is 14.4. The average Bonchev–Trinajstić information content (AvgIpc) is 2.38. The Morgan fingerprint density at radius 3 is 1.95 bits per heavy atom. The third kappa shape index (κ3) is 2.93. The Hall–Kier alpha value is -1.06. The number of hydrogen-bond acceptors (Lipinski definition) is 2. The number of amides is 1.